The van der Waals surface area contributed by atoms with Crippen molar-refractivity contribution in [2.75, 3.05) is 19.8 Å². The third-order valence-corrected chi connectivity index (χ3v) is 11.5. The zero-order valence-corrected chi connectivity index (χ0v) is 38.3. The smallest absolute Gasteiger partial charge is 0.265 e. The number of nitrogens with two attached hydrogens (primary N) is 1. The quantitative estimate of drug-likeness (QED) is 0.0252. The summed E-state index contributed by atoms with van der Waals surface area (Å²) < 4.78 is 25.9. The van der Waals surface area contributed by atoms with Gasteiger partial charge in [-0.05, 0) is 55.7 Å². The molecular formula is C51H84N4O5. The summed E-state index contributed by atoms with van der Waals surface area (Å²) in [5.74, 6) is 7.66. The van der Waals surface area contributed by atoms with E-state index in [0.29, 0.717) is 60.0 Å². The van der Waals surface area contributed by atoms with E-state index >= 15 is 0 Å². The number of unbranched alkanes of at least 4 members (excludes halogenated alkanes) is 27. The number of hydrogen-bond acceptors (Lipinski definition) is 8. The van der Waals surface area contributed by atoms with Crippen LogP contribution in [-0.2, 0) is 0 Å². The third-order valence-electron chi connectivity index (χ3n) is 11.5. The van der Waals surface area contributed by atoms with Crippen LogP contribution in [0.4, 0.5) is 0 Å². The van der Waals surface area contributed by atoms with Gasteiger partial charge in [-0.25, -0.2) is 5.84 Å². The molecule has 9 heteroatoms. The van der Waals surface area contributed by atoms with Gasteiger partial charge in [-0.3, -0.25) is 10.2 Å². The average molecular weight is 833 g/mol. The van der Waals surface area contributed by atoms with Crippen molar-refractivity contribution in [3.63, 3.8) is 0 Å². The van der Waals surface area contributed by atoms with Crippen LogP contribution in [0.25, 0.3) is 22.9 Å². The highest BCUT2D eigenvalue weighted by Gasteiger charge is 2.20. The van der Waals surface area contributed by atoms with Gasteiger partial charge in [0.05, 0.1) is 19.8 Å². The van der Waals surface area contributed by atoms with Crippen molar-refractivity contribution in [2.24, 2.45) is 5.84 Å². The van der Waals surface area contributed by atoms with Crippen LogP contribution < -0.4 is 25.5 Å². The standard InChI is InChI=1S/C51H84N4O5/c1-4-7-10-13-16-19-22-25-28-31-38-57-46-41-45(51-55-54-50(60-51)44-36-34-43(35-37-44)49(56)53-52)42-47(58-39-32-29-26-23-20-17-14-11-8-5-2)48(46)59-40-33-30-27-24-21-18-15-12-9-6-3/h34-37,41-42H,4-33,38-40,52H2,1-3H3,(H,53,56). The summed E-state index contributed by atoms with van der Waals surface area (Å²) >= 11 is 0. The number of ether oxygens (including phenoxy) is 3. The number of nitrogen functional groups attached to an aromatic ring is 1. The number of benzene rings is 2. The van der Waals surface area contributed by atoms with E-state index in [-0.39, 0.29) is 5.91 Å². The molecule has 1 aromatic heterocycles. The molecular weight excluding hydrogens is 749 g/mol. The maximum absolute atomic E-state index is 12.0. The minimum atomic E-state index is -0.362. The van der Waals surface area contributed by atoms with Gasteiger partial charge in [-0.15, -0.1) is 10.2 Å². The van der Waals surface area contributed by atoms with Crippen molar-refractivity contribution in [3.8, 4) is 40.2 Å². The summed E-state index contributed by atoms with van der Waals surface area (Å²) in [6.07, 6.45) is 38.1. The van der Waals surface area contributed by atoms with Crippen molar-refractivity contribution in [1.82, 2.24) is 15.6 Å². The van der Waals surface area contributed by atoms with Gasteiger partial charge < -0.3 is 18.6 Å². The normalized spacial score (nSPS) is 11.3. The maximum atomic E-state index is 12.0. The third kappa shape index (κ3) is 21.8. The Morgan fingerprint density at radius 3 is 1.18 bits per heavy atom. The number of hydrogen-bond donors (Lipinski definition) is 2. The molecule has 0 aliphatic carbocycles. The van der Waals surface area contributed by atoms with E-state index in [2.05, 4.69) is 36.4 Å². The van der Waals surface area contributed by atoms with Crippen molar-refractivity contribution in [3.05, 3.63) is 42.0 Å². The molecule has 338 valence electrons. The average Bonchev–Trinajstić information content (AvgIpc) is 3.77. The van der Waals surface area contributed by atoms with E-state index in [1.165, 1.54) is 154 Å². The number of nitrogens with zero attached hydrogens (tertiary/aromatic N) is 2. The van der Waals surface area contributed by atoms with Gasteiger partial charge in [-0.2, -0.15) is 0 Å². The number of rotatable bonds is 39. The molecule has 0 spiro atoms. The Kier molecular flexibility index (Phi) is 28.8. The Morgan fingerprint density at radius 2 is 0.817 bits per heavy atom. The lowest BCUT2D eigenvalue weighted by atomic mass is 10.1. The highest BCUT2D eigenvalue weighted by Crippen LogP contribution is 2.42. The number of nitrogens with one attached hydrogen (secondary N) is 1. The van der Waals surface area contributed by atoms with Gasteiger partial charge in [0.1, 0.15) is 0 Å². The largest absolute Gasteiger partial charge is 0.490 e. The summed E-state index contributed by atoms with van der Waals surface area (Å²) in [6.45, 7) is 8.64. The molecule has 9 nitrogen and oxygen atoms in total. The Hall–Kier alpha value is -3.59. The van der Waals surface area contributed by atoms with Crippen LogP contribution >= 0.6 is 0 Å². The summed E-state index contributed by atoms with van der Waals surface area (Å²) in [5.41, 5.74) is 4.03. The molecule has 1 heterocycles. The van der Waals surface area contributed by atoms with Gasteiger partial charge in [0.25, 0.3) is 5.91 Å². The molecule has 1 amide bonds. The maximum Gasteiger partial charge on any atom is 0.265 e. The zero-order valence-electron chi connectivity index (χ0n) is 38.3. The van der Waals surface area contributed by atoms with E-state index in [4.69, 9.17) is 24.5 Å². The lowest BCUT2D eigenvalue weighted by Gasteiger charge is -2.18. The Labute approximate surface area is 365 Å². The fourth-order valence-corrected chi connectivity index (χ4v) is 7.67. The zero-order chi connectivity index (χ0) is 42.7. The number of carbonyl (C=O) groups is 1. The molecule has 0 fully saturated rings. The molecule has 3 rings (SSSR count). The first-order valence-corrected chi connectivity index (χ1v) is 24.6. The Bertz CT molecular complexity index is 1450. The molecule has 0 saturated heterocycles. The van der Waals surface area contributed by atoms with E-state index in [1.807, 2.05) is 12.1 Å². The second-order valence-corrected chi connectivity index (χ2v) is 16.9. The molecule has 0 saturated carbocycles. The second-order valence-electron chi connectivity index (χ2n) is 16.9. The van der Waals surface area contributed by atoms with Crippen molar-refractivity contribution < 1.29 is 23.4 Å². The van der Waals surface area contributed by atoms with Crippen LogP contribution in [0, 0.1) is 0 Å². The lowest BCUT2D eigenvalue weighted by Crippen LogP contribution is -2.29. The van der Waals surface area contributed by atoms with Gasteiger partial charge in [0.2, 0.25) is 17.5 Å². The SMILES string of the molecule is CCCCCCCCCCCCOc1cc(-c2nnc(-c3ccc(C(=O)NN)cc3)o2)cc(OCCCCCCCCCCCC)c1OCCCCCCCCCCCC. The Morgan fingerprint density at radius 1 is 0.483 bits per heavy atom. The molecule has 0 atom stereocenters. The molecule has 3 aromatic rings. The van der Waals surface area contributed by atoms with E-state index in [9.17, 15) is 4.79 Å². The van der Waals surface area contributed by atoms with Crippen molar-refractivity contribution in [2.45, 2.75) is 213 Å². The highest BCUT2D eigenvalue weighted by atomic mass is 16.5. The number of aromatic nitrogens is 2. The van der Waals surface area contributed by atoms with Crippen LogP contribution in [-0.4, -0.2) is 35.9 Å². The molecule has 0 bridgehead atoms. The molecule has 2 aromatic carbocycles. The van der Waals surface area contributed by atoms with E-state index < -0.39 is 0 Å². The predicted octanol–water partition coefficient (Wildman–Crippen LogP) is 14.9. The van der Waals surface area contributed by atoms with Crippen molar-refractivity contribution >= 4 is 5.91 Å². The van der Waals surface area contributed by atoms with Crippen LogP contribution in [0.2, 0.25) is 0 Å². The number of hydrazine groups is 1. The first-order valence-electron chi connectivity index (χ1n) is 24.6. The molecule has 60 heavy (non-hydrogen) atoms. The first kappa shape index (κ1) is 50.8. The molecule has 0 aliphatic heterocycles. The van der Waals surface area contributed by atoms with Gasteiger partial charge in [0, 0.05) is 16.7 Å². The highest BCUT2D eigenvalue weighted by molar-refractivity contribution is 5.94. The van der Waals surface area contributed by atoms with Crippen LogP contribution in [0.1, 0.15) is 224 Å². The summed E-state index contributed by atoms with van der Waals surface area (Å²) in [5, 5.41) is 8.79. The first-order chi connectivity index (χ1) is 29.6. The lowest BCUT2D eigenvalue weighted by molar-refractivity contribution is 0.0953. The molecule has 0 unspecified atom stereocenters. The second kappa shape index (κ2) is 34.0. The summed E-state index contributed by atoms with van der Waals surface area (Å²) in [4.78, 5) is 12.0. The molecule has 3 N–H and O–H groups in total. The van der Waals surface area contributed by atoms with E-state index in [1.54, 1.807) is 24.3 Å². The van der Waals surface area contributed by atoms with Gasteiger partial charge in [-0.1, -0.05) is 194 Å². The van der Waals surface area contributed by atoms with Gasteiger partial charge >= 0.3 is 0 Å². The topological polar surface area (TPSA) is 122 Å². The van der Waals surface area contributed by atoms with E-state index in [0.717, 1.165) is 44.1 Å². The minimum absolute atomic E-state index is 0.353. The van der Waals surface area contributed by atoms with Crippen LogP contribution in [0.5, 0.6) is 17.2 Å². The van der Waals surface area contributed by atoms with Gasteiger partial charge in [0.15, 0.2) is 11.5 Å². The predicted molar refractivity (Wildman–Crippen MR) is 249 cm³/mol. The van der Waals surface area contributed by atoms with Crippen LogP contribution in [0.15, 0.2) is 40.8 Å². The fraction of sp³-hybridized carbons (Fsp3) is 0.706. The molecule has 0 radical (unpaired) electrons. The fourth-order valence-electron chi connectivity index (χ4n) is 7.67. The number of carbonyl (C=O) groups excluding carboxylic acids is 1. The van der Waals surface area contributed by atoms with Crippen LogP contribution in [0.3, 0.4) is 0 Å². The monoisotopic (exact) mass is 833 g/mol. The van der Waals surface area contributed by atoms with Crippen molar-refractivity contribution in [1.29, 1.82) is 0 Å². The Balaban J connectivity index is 1.71. The minimum Gasteiger partial charge on any atom is -0.490 e. The molecule has 0 aliphatic rings. The summed E-state index contributed by atoms with van der Waals surface area (Å²) in [6, 6.07) is 10.8. The summed E-state index contributed by atoms with van der Waals surface area (Å²) in [7, 11) is 0. The number of amides is 1.